The minimum absolute atomic E-state index is 0.0218. The Bertz CT molecular complexity index is 1100. The van der Waals surface area contributed by atoms with Crippen molar-refractivity contribution in [3.05, 3.63) is 62.7 Å². The lowest BCUT2D eigenvalue weighted by Crippen LogP contribution is -2.48. The van der Waals surface area contributed by atoms with Crippen molar-refractivity contribution in [2.75, 3.05) is 31.1 Å². The highest BCUT2D eigenvalue weighted by Gasteiger charge is 2.32. The van der Waals surface area contributed by atoms with Gasteiger partial charge in [0.05, 0.1) is 9.95 Å². The van der Waals surface area contributed by atoms with E-state index in [9.17, 15) is 23.3 Å². The molecule has 0 saturated carbocycles. The number of halogens is 1. The summed E-state index contributed by atoms with van der Waals surface area (Å²) in [5.41, 5.74) is 2.16. The van der Waals surface area contributed by atoms with Gasteiger partial charge in [0.1, 0.15) is 10.6 Å². The van der Waals surface area contributed by atoms with Gasteiger partial charge in [0.15, 0.2) is 0 Å². The molecule has 10 nitrogen and oxygen atoms in total. The molecule has 30 heavy (non-hydrogen) atoms. The highest BCUT2D eigenvalue weighted by Crippen LogP contribution is 2.32. The zero-order valence-corrected chi connectivity index (χ0v) is 17.5. The van der Waals surface area contributed by atoms with Gasteiger partial charge in [-0.25, -0.2) is 13.9 Å². The Kier molecular flexibility index (Phi) is 6.27. The van der Waals surface area contributed by atoms with E-state index in [0.717, 1.165) is 11.6 Å². The van der Waals surface area contributed by atoms with Gasteiger partial charge < -0.3 is 4.90 Å². The zero-order chi connectivity index (χ0) is 22.1. The average molecular weight is 455 g/mol. The highest BCUT2D eigenvalue weighted by molar-refractivity contribution is 7.89. The summed E-state index contributed by atoms with van der Waals surface area (Å²) in [6.45, 7) is 2.47. The molecule has 0 atom stereocenters. The quantitative estimate of drug-likeness (QED) is 0.402. The fraction of sp³-hybridized carbons (Fsp3) is 0.278. The lowest BCUT2D eigenvalue weighted by molar-refractivity contribution is -0.384. The maximum Gasteiger partial charge on any atom is 0.293 e. The largest absolute Gasteiger partial charge is 0.363 e. The van der Waals surface area contributed by atoms with Crippen LogP contribution in [-0.2, 0) is 10.0 Å². The van der Waals surface area contributed by atoms with Crippen molar-refractivity contribution in [1.82, 2.24) is 9.79 Å². The molecule has 1 fully saturated rings. The normalized spacial score (nSPS) is 15.1. The molecule has 1 aliphatic heterocycles. The molecule has 2 aromatic carbocycles. The maximum absolute atomic E-state index is 12.9. The molecule has 1 heterocycles. The van der Waals surface area contributed by atoms with Crippen LogP contribution in [-0.4, -0.2) is 54.9 Å². The number of nitrogens with zero attached hydrogens (tertiary/aromatic N) is 3. The molecule has 3 rings (SSSR count). The van der Waals surface area contributed by atoms with Crippen molar-refractivity contribution in [3.63, 3.8) is 0 Å². The highest BCUT2D eigenvalue weighted by atomic mass is 35.5. The monoisotopic (exact) mass is 454 g/mol. The number of carbonyl (C=O) groups excluding carboxylic acids is 1. The molecular formula is C18H19ClN4O6S. The number of aryl methyl sites for hydroxylation is 1. The molecule has 0 aromatic heterocycles. The molecule has 2 N–H and O–H groups in total. The number of benzene rings is 2. The van der Waals surface area contributed by atoms with Gasteiger partial charge in [0, 0.05) is 37.8 Å². The standard InChI is InChI=1S/C18H19ClN4O6S/c1-12-2-5-17(14(19)10-12)30(28,29)22-8-6-21(7-9-22)15-4-3-13(18(24)20-25)11-16(15)23(26)27/h2-5,10-11,25H,6-9H2,1H3,(H,20,24). The van der Waals surface area contributed by atoms with Gasteiger partial charge in [-0.15, -0.1) is 0 Å². The number of carbonyl (C=O) groups is 1. The van der Waals surface area contributed by atoms with E-state index in [2.05, 4.69) is 0 Å². The molecule has 0 aliphatic carbocycles. The minimum atomic E-state index is -3.80. The van der Waals surface area contributed by atoms with E-state index in [1.165, 1.54) is 28.0 Å². The van der Waals surface area contributed by atoms with Crippen molar-refractivity contribution >= 4 is 38.9 Å². The van der Waals surface area contributed by atoms with Crippen LogP contribution in [0.25, 0.3) is 0 Å². The zero-order valence-electron chi connectivity index (χ0n) is 15.9. The van der Waals surface area contributed by atoms with Gasteiger partial charge in [0.2, 0.25) is 10.0 Å². The SMILES string of the molecule is Cc1ccc(S(=O)(=O)N2CCN(c3ccc(C(=O)NO)cc3[N+](=O)[O-])CC2)c(Cl)c1. The molecule has 0 spiro atoms. The second kappa shape index (κ2) is 8.56. The maximum atomic E-state index is 12.9. The Hall–Kier alpha value is -2.73. The molecular weight excluding hydrogens is 436 g/mol. The molecule has 0 radical (unpaired) electrons. The molecule has 0 unspecified atom stereocenters. The number of nitro groups is 1. The Morgan fingerprint density at radius 1 is 1.17 bits per heavy atom. The Labute approximate surface area is 177 Å². The van der Waals surface area contributed by atoms with Crippen LogP contribution in [0, 0.1) is 17.0 Å². The van der Waals surface area contributed by atoms with Gasteiger partial charge in [-0.2, -0.15) is 4.31 Å². The third-order valence-electron chi connectivity index (χ3n) is 4.82. The second-order valence-corrected chi connectivity index (χ2v) is 9.04. The van der Waals surface area contributed by atoms with Gasteiger partial charge in [0.25, 0.3) is 11.6 Å². The molecule has 12 heteroatoms. The molecule has 1 amide bonds. The van der Waals surface area contributed by atoms with Crippen LogP contribution in [0.4, 0.5) is 11.4 Å². The van der Waals surface area contributed by atoms with Crippen molar-refractivity contribution in [2.24, 2.45) is 0 Å². The van der Waals surface area contributed by atoms with E-state index in [1.807, 2.05) is 6.92 Å². The summed E-state index contributed by atoms with van der Waals surface area (Å²) in [4.78, 5) is 24.1. The predicted octanol–water partition coefficient (Wildman–Crippen LogP) is 2.19. The fourth-order valence-electron chi connectivity index (χ4n) is 3.27. The second-order valence-electron chi connectivity index (χ2n) is 6.73. The Morgan fingerprint density at radius 3 is 2.40 bits per heavy atom. The van der Waals surface area contributed by atoms with Gasteiger partial charge in [-0.05, 0) is 36.8 Å². The number of hydroxylamine groups is 1. The number of rotatable bonds is 5. The van der Waals surface area contributed by atoms with Crippen molar-refractivity contribution < 1.29 is 23.3 Å². The summed E-state index contributed by atoms with van der Waals surface area (Å²) in [6.07, 6.45) is 0. The fourth-order valence-corrected chi connectivity index (χ4v) is 5.26. The summed E-state index contributed by atoms with van der Waals surface area (Å²) in [5.74, 6) is -0.865. The third kappa shape index (κ3) is 4.24. The Balaban J connectivity index is 1.81. The van der Waals surface area contributed by atoms with Gasteiger partial charge in [-0.3, -0.25) is 20.1 Å². The number of nitrogens with one attached hydrogen (secondary N) is 1. The molecule has 1 aliphatic rings. The average Bonchev–Trinajstić information content (AvgIpc) is 2.72. The van der Waals surface area contributed by atoms with E-state index in [4.69, 9.17) is 16.8 Å². The van der Waals surface area contributed by atoms with Crippen molar-refractivity contribution in [2.45, 2.75) is 11.8 Å². The van der Waals surface area contributed by atoms with Crippen LogP contribution in [0.15, 0.2) is 41.3 Å². The van der Waals surface area contributed by atoms with E-state index in [-0.39, 0.29) is 53.0 Å². The van der Waals surface area contributed by atoms with E-state index >= 15 is 0 Å². The first-order chi connectivity index (χ1) is 14.1. The van der Waals surface area contributed by atoms with Crippen LogP contribution in [0.5, 0.6) is 0 Å². The van der Waals surface area contributed by atoms with Gasteiger partial charge >= 0.3 is 0 Å². The molecule has 0 bridgehead atoms. The number of sulfonamides is 1. The summed E-state index contributed by atoms with van der Waals surface area (Å²) in [6, 6.07) is 8.54. The van der Waals surface area contributed by atoms with Crippen LogP contribution >= 0.6 is 11.6 Å². The summed E-state index contributed by atoms with van der Waals surface area (Å²) < 4.78 is 27.2. The number of hydrogen-bond donors (Lipinski definition) is 2. The number of amides is 1. The number of hydrogen-bond acceptors (Lipinski definition) is 7. The van der Waals surface area contributed by atoms with Crippen LogP contribution < -0.4 is 10.4 Å². The Morgan fingerprint density at radius 2 is 1.83 bits per heavy atom. The lowest BCUT2D eigenvalue weighted by Gasteiger charge is -2.35. The van der Waals surface area contributed by atoms with E-state index in [1.54, 1.807) is 17.0 Å². The first-order valence-corrected chi connectivity index (χ1v) is 10.7. The lowest BCUT2D eigenvalue weighted by atomic mass is 10.1. The van der Waals surface area contributed by atoms with E-state index < -0.39 is 20.9 Å². The van der Waals surface area contributed by atoms with Crippen LogP contribution in [0.3, 0.4) is 0 Å². The van der Waals surface area contributed by atoms with Crippen LogP contribution in [0.1, 0.15) is 15.9 Å². The van der Waals surface area contributed by atoms with E-state index in [0.29, 0.717) is 0 Å². The molecule has 1 saturated heterocycles. The topological polar surface area (TPSA) is 133 Å². The van der Waals surface area contributed by atoms with Crippen molar-refractivity contribution in [1.29, 1.82) is 0 Å². The van der Waals surface area contributed by atoms with Crippen molar-refractivity contribution in [3.8, 4) is 0 Å². The number of nitro benzene ring substituents is 1. The smallest absolute Gasteiger partial charge is 0.293 e. The first-order valence-electron chi connectivity index (χ1n) is 8.89. The summed E-state index contributed by atoms with van der Waals surface area (Å²) in [5, 5.41) is 20.3. The number of anilines is 1. The molecule has 2 aromatic rings. The first kappa shape index (κ1) is 22.0. The summed E-state index contributed by atoms with van der Waals surface area (Å²) in [7, 11) is -3.80. The predicted molar refractivity (Wildman–Crippen MR) is 110 cm³/mol. The van der Waals surface area contributed by atoms with Crippen LogP contribution in [0.2, 0.25) is 5.02 Å². The third-order valence-corrected chi connectivity index (χ3v) is 7.20. The van der Waals surface area contributed by atoms with Gasteiger partial charge in [-0.1, -0.05) is 17.7 Å². The summed E-state index contributed by atoms with van der Waals surface area (Å²) >= 11 is 6.12. The molecule has 160 valence electrons. The minimum Gasteiger partial charge on any atom is -0.363 e. The number of piperazine rings is 1.